The predicted octanol–water partition coefficient (Wildman–Crippen LogP) is 3.50. The zero-order valence-electron chi connectivity index (χ0n) is 12.6. The molecule has 0 unspecified atom stereocenters. The lowest BCUT2D eigenvalue weighted by Crippen LogP contribution is -2.43. The molecule has 0 aromatic heterocycles. The monoisotopic (exact) mass is 373 g/mol. The minimum atomic E-state index is -0.895. The van der Waals surface area contributed by atoms with Crippen molar-refractivity contribution in [3.63, 3.8) is 0 Å². The Balaban J connectivity index is 2.74. The van der Waals surface area contributed by atoms with Gasteiger partial charge in [-0.05, 0) is 38.1 Å². The van der Waals surface area contributed by atoms with E-state index in [1.807, 2.05) is 38.1 Å². The molecule has 1 aromatic carbocycles. The smallest absolute Gasteiger partial charge is 0.308 e. The summed E-state index contributed by atoms with van der Waals surface area (Å²) >= 11 is 4.84. The Morgan fingerprint density at radius 3 is 2.33 bits per heavy atom. The highest BCUT2D eigenvalue weighted by Crippen LogP contribution is 2.34. The SMILES string of the molecule is C[C@@H](CN(C)C(=O)C(C)(C)Sc1ccc(Br)cc1)C(=O)O. The van der Waals surface area contributed by atoms with E-state index >= 15 is 0 Å². The number of carbonyl (C=O) groups excluding carboxylic acids is 1. The lowest BCUT2D eigenvalue weighted by Gasteiger charge is -2.29. The van der Waals surface area contributed by atoms with Crippen LogP contribution in [0.1, 0.15) is 20.8 Å². The van der Waals surface area contributed by atoms with Crippen molar-refractivity contribution in [3.8, 4) is 0 Å². The Labute approximate surface area is 138 Å². The van der Waals surface area contributed by atoms with Crippen LogP contribution in [-0.2, 0) is 9.59 Å². The molecule has 0 spiro atoms. The Hall–Kier alpha value is -1.01. The van der Waals surface area contributed by atoms with Gasteiger partial charge >= 0.3 is 5.97 Å². The number of carboxylic acid groups (broad SMARTS) is 1. The van der Waals surface area contributed by atoms with Gasteiger partial charge in [0.2, 0.25) is 5.91 Å². The number of hydrogen-bond acceptors (Lipinski definition) is 3. The zero-order chi connectivity index (χ0) is 16.2. The van der Waals surface area contributed by atoms with E-state index in [4.69, 9.17) is 5.11 Å². The van der Waals surface area contributed by atoms with Crippen molar-refractivity contribution in [2.75, 3.05) is 13.6 Å². The quantitative estimate of drug-likeness (QED) is 0.775. The summed E-state index contributed by atoms with van der Waals surface area (Å²) in [5.41, 5.74) is 0. The first-order valence-corrected chi connectivity index (χ1v) is 8.17. The van der Waals surface area contributed by atoms with Crippen molar-refractivity contribution >= 4 is 39.6 Å². The van der Waals surface area contributed by atoms with Crippen molar-refractivity contribution < 1.29 is 14.7 Å². The highest BCUT2D eigenvalue weighted by Gasteiger charge is 2.32. The number of hydrogen-bond donors (Lipinski definition) is 1. The van der Waals surface area contributed by atoms with Crippen molar-refractivity contribution in [1.29, 1.82) is 0 Å². The average molecular weight is 374 g/mol. The topological polar surface area (TPSA) is 57.6 Å². The molecule has 1 atom stereocenters. The first-order chi connectivity index (χ1) is 9.63. The van der Waals surface area contributed by atoms with Crippen LogP contribution in [0.25, 0.3) is 0 Å². The number of amides is 1. The Kier molecular flexibility index (Phi) is 6.28. The molecule has 0 fully saturated rings. The van der Waals surface area contributed by atoms with Crippen LogP contribution >= 0.6 is 27.7 Å². The van der Waals surface area contributed by atoms with E-state index < -0.39 is 16.6 Å². The third-order valence-electron chi connectivity index (χ3n) is 3.02. The molecule has 0 aliphatic carbocycles. The second-order valence-electron chi connectivity index (χ2n) is 5.49. The van der Waals surface area contributed by atoms with Crippen LogP contribution in [0.4, 0.5) is 0 Å². The number of nitrogens with zero attached hydrogens (tertiary/aromatic N) is 1. The molecule has 116 valence electrons. The standard InChI is InChI=1S/C15H20BrNO3S/c1-10(13(18)19)9-17(4)14(20)15(2,3)21-12-7-5-11(16)6-8-12/h5-8,10H,9H2,1-4H3,(H,18,19)/t10-/m0/s1. The van der Waals surface area contributed by atoms with Crippen molar-refractivity contribution in [1.82, 2.24) is 4.90 Å². The molecular formula is C15H20BrNO3S. The van der Waals surface area contributed by atoms with Gasteiger partial charge in [-0.3, -0.25) is 9.59 Å². The van der Waals surface area contributed by atoms with E-state index in [1.165, 1.54) is 16.7 Å². The minimum absolute atomic E-state index is 0.0801. The number of carboxylic acids is 1. The van der Waals surface area contributed by atoms with Gasteiger partial charge < -0.3 is 10.0 Å². The van der Waals surface area contributed by atoms with Crippen LogP contribution in [0.3, 0.4) is 0 Å². The van der Waals surface area contributed by atoms with Gasteiger partial charge in [0.15, 0.2) is 0 Å². The van der Waals surface area contributed by atoms with Gasteiger partial charge in [-0.15, -0.1) is 11.8 Å². The summed E-state index contributed by atoms with van der Waals surface area (Å²) in [5, 5.41) is 8.93. The number of aliphatic carboxylic acids is 1. The van der Waals surface area contributed by atoms with Crippen molar-refractivity contribution in [2.45, 2.75) is 30.4 Å². The molecule has 0 bridgehead atoms. The summed E-state index contributed by atoms with van der Waals surface area (Å²) < 4.78 is 0.337. The van der Waals surface area contributed by atoms with Crippen molar-refractivity contribution in [2.24, 2.45) is 5.92 Å². The van der Waals surface area contributed by atoms with E-state index in [1.54, 1.807) is 14.0 Å². The highest BCUT2D eigenvalue weighted by molar-refractivity contribution is 9.10. The van der Waals surface area contributed by atoms with Crippen LogP contribution in [0, 0.1) is 5.92 Å². The average Bonchev–Trinajstić information content (AvgIpc) is 2.40. The van der Waals surface area contributed by atoms with Crippen LogP contribution in [0.15, 0.2) is 33.6 Å². The fraction of sp³-hybridized carbons (Fsp3) is 0.467. The maximum Gasteiger partial charge on any atom is 0.308 e. The van der Waals surface area contributed by atoms with Crippen LogP contribution in [-0.4, -0.2) is 40.2 Å². The maximum absolute atomic E-state index is 12.5. The summed E-state index contributed by atoms with van der Waals surface area (Å²) in [7, 11) is 1.64. The summed E-state index contributed by atoms with van der Waals surface area (Å²) in [6, 6.07) is 7.76. The number of halogens is 1. The number of thioether (sulfide) groups is 1. The second-order valence-corrected chi connectivity index (χ2v) is 8.10. The summed E-state index contributed by atoms with van der Waals surface area (Å²) in [6.45, 7) is 5.51. The largest absolute Gasteiger partial charge is 0.481 e. The van der Waals surface area contributed by atoms with E-state index in [-0.39, 0.29) is 12.5 Å². The van der Waals surface area contributed by atoms with Gasteiger partial charge in [0, 0.05) is 23.0 Å². The lowest BCUT2D eigenvalue weighted by molar-refractivity contribution is -0.143. The predicted molar refractivity (Wildman–Crippen MR) is 88.5 cm³/mol. The van der Waals surface area contributed by atoms with Gasteiger partial charge in [0.05, 0.1) is 10.7 Å². The Morgan fingerprint density at radius 2 is 1.86 bits per heavy atom. The molecule has 0 saturated carbocycles. The van der Waals surface area contributed by atoms with E-state index in [2.05, 4.69) is 15.9 Å². The molecule has 21 heavy (non-hydrogen) atoms. The summed E-state index contributed by atoms with van der Waals surface area (Å²) in [5.74, 6) is -1.55. The number of carbonyl (C=O) groups is 2. The Morgan fingerprint density at radius 1 is 1.33 bits per heavy atom. The molecule has 1 amide bonds. The Bertz CT molecular complexity index is 516. The molecule has 4 nitrogen and oxygen atoms in total. The molecule has 0 saturated heterocycles. The molecule has 1 aromatic rings. The maximum atomic E-state index is 12.5. The molecule has 0 heterocycles. The first-order valence-electron chi connectivity index (χ1n) is 6.56. The van der Waals surface area contributed by atoms with E-state index in [0.29, 0.717) is 0 Å². The van der Waals surface area contributed by atoms with E-state index in [0.717, 1.165) is 9.37 Å². The molecule has 0 aliphatic rings. The molecule has 1 N–H and O–H groups in total. The number of rotatable bonds is 6. The molecular weight excluding hydrogens is 354 g/mol. The third kappa shape index (κ3) is 5.36. The molecule has 0 aliphatic heterocycles. The van der Waals surface area contributed by atoms with Gasteiger partial charge in [-0.25, -0.2) is 0 Å². The first kappa shape index (κ1) is 18.0. The summed E-state index contributed by atoms with van der Waals surface area (Å²) in [6.07, 6.45) is 0. The normalized spacial score (nSPS) is 12.8. The molecule has 6 heteroatoms. The highest BCUT2D eigenvalue weighted by atomic mass is 79.9. The van der Waals surface area contributed by atoms with Crippen LogP contribution in [0.2, 0.25) is 0 Å². The molecule has 0 radical (unpaired) electrons. The van der Waals surface area contributed by atoms with Gasteiger partial charge in [-0.1, -0.05) is 22.9 Å². The fourth-order valence-corrected chi connectivity index (χ4v) is 3.24. The third-order valence-corrected chi connectivity index (χ3v) is 4.74. The summed E-state index contributed by atoms with van der Waals surface area (Å²) in [4.78, 5) is 25.9. The fourth-order valence-electron chi connectivity index (χ4n) is 1.87. The minimum Gasteiger partial charge on any atom is -0.481 e. The van der Waals surface area contributed by atoms with E-state index in [9.17, 15) is 9.59 Å². The van der Waals surface area contributed by atoms with Crippen LogP contribution < -0.4 is 0 Å². The molecule has 1 rings (SSSR count). The van der Waals surface area contributed by atoms with Crippen molar-refractivity contribution in [3.05, 3.63) is 28.7 Å². The van der Waals surface area contributed by atoms with Gasteiger partial charge in [0.1, 0.15) is 0 Å². The van der Waals surface area contributed by atoms with Gasteiger partial charge in [-0.2, -0.15) is 0 Å². The van der Waals surface area contributed by atoms with Crippen LogP contribution in [0.5, 0.6) is 0 Å². The number of benzene rings is 1. The lowest BCUT2D eigenvalue weighted by atomic mass is 10.1. The second kappa shape index (κ2) is 7.31. The van der Waals surface area contributed by atoms with Gasteiger partial charge in [0.25, 0.3) is 0 Å². The zero-order valence-corrected chi connectivity index (χ0v) is 15.0.